The van der Waals surface area contributed by atoms with Crippen molar-refractivity contribution in [3.8, 4) is 0 Å². The van der Waals surface area contributed by atoms with Gasteiger partial charge in [0, 0.05) is 43.9 Å². The summed E-state index contributed by atoms with van der Waals surface area (Å²) in [6, 6.07) is 17.6. The first-order valence-electron chi connectivity index (χ1n) is 8.91. The molecule has 1 unspecified atom stereocenters. The molecule has 1 aliphatic rings. The van der Waals surface area contributed by atoms with E-state index in [0.717, 1.165) is 13.1 Å². The van der Waals surface area contributed by atoms with Crippen LogP contribution in [0, 0.1) is 6.92 Å². The molecule has 3 rings (SSSR count). The van der Waals surface area contributed by atoms with Crippen LogP contribution >= 0.6 is 0 Å². The third-order valence-corrected chi connectivity index (χ3v) is 4.81. The summed E-state index contributed by atoms with van der Waals surface area (Å²) in [5.74, 6) is 0.0153. The Labute approximate surface area is 149 Å². The number of hydrogen-bond acceptors (Lipinski definition) is 3. The van der Waals surface area contributed by atoms with Crippen molar-refractivity contribution < 1.29 is 9.18 Å². The molecule has 0 spiro atoms. The summed E-state index contributed by atoms with van der Waals surface area (Å²) in [5, 5.41) is 0. The van der Waals surface area contributed by atoms with Crippen molar-refractivity contribution in [1.29, 1.82) is 0 Å². The van der Waals surface area contributed by atoms with E-state index in [1.165, 1.54) is 11.3 Å². The molecule has 2 aromatic carbocycles. The number of hydrogen-bond donors (Lipinski definition) is 0. The minimum atomic E-state index is -1.05. The zero-order valence-corrected chi connectivity index (χ0v) is 14.7. The fourth-order valence-corrected chi connectivity index (χ4v) is 3.22. The van der Waals surface area contributed by atoms with Gasteiger partial charge in [-0.2, -0.15) is 0 Å². The van der Waals surface area contributed by atoms with Gasteiger partial charge in [0.2, 0.25) is 0 Å². The average Bonchev–Trinajstić information content (AvgIpc) is 2.67. The third-order valence-electron chi connectivity index (χ3n) is 4.81. The summed E-state index contributed by atoms with van der Waals surface area (Å²) in [7, 11) is 0. The van der Waals surface area contributed by atoms with Gasteiger partial charge in [-0.25, -0.2) is 4.39 Å². The number of carbonyl (C=O) groups excluding carboxylic acids is 1. The second-order valence-corrected chi connectivity index (χ2v) is 6.62. The number of Topliss-reactive ketones (excluding diaryl/α,β-unsaturated/α-hetero) is 1. The monoisotopic (exact) mass is 340 g/mol. The number of carbonyl (C=O) groups is 1. The Morgan fingerprint density at radius 2 is 1.64 bits per heavy atom. The van der Waals surface area contributed by atoms with E-state index in [1.807, 2.05) is 23.1 Å². The molecule has 0 aromatic heterocycles. The third kappa shape index (κ3) is 4.67. The molecule has 4 heteroatoms. The van der Waals surface area contributed by atoms with Crippen LogP contribution in [0.4, 0.5) is 10.1 Å². The Morgan fingerprint density at radius 3 is 2.28 bits per heavy atom. The van der Waals surface area contributed by atoms with Crippen LogP contribution < -0.4 is 4.90 Å². The maximum absolute atomic E-state index is 14.5. The number of piperazine rings is 1. The van der Waals surface area contributed by atoms with Crippen molar-refractivity contribution >= 4 is 11.5 Å². The van der Waals surface area contributed by atoms with E-state index in [4.69, 9.17) is 0 Å². The first-order valence-corrected chi connectivity index (χ1v) is 8.91. The lowest BCUT2D eigenvalue weighted by atomic mass is 10.1. The van der Waals surface area contributed by atoms with Crippen molar-refractivity contribution in [2.24, 2.45) is 0 Å². The van der Waals surface area contributed by atoms with E-state index in [1.54, 1.807) is 12.1 Å². The van der Waals surface area contributed by atoms with Crippen LogP contribution in [0.5, 0.6) is 0 Å². The quantitative estimate of drug-likeness (QED) is 0.585. The maximum Gasteiger partial charge on any atom is 0.163 e. The normalized spacial score (nSPS) is 16.6. The van der Waals surface area contributed by atoms with Gasteiger partial charge in [-0.3, -0.25) is 9.69 Å². The molecule has 2 aromatic rings. The molecule has 0 saturated carbocycles. The van der Waals surface area contributed by atoms with Crippen LogP contribution in [0.1, 0.15) is 28.8 Å². The van der Waals surface area contributed by atoms with Crippen LogP contribution in [0.25, 0.3) is 0 Å². The van der Waals surface area contributed by atoms with Gasteiger partial charge in [-0.1, -0.05) is 48.0 Å². The predicted molar refractivity (Wildman–Crippen MR) is 99.9 cm³/mol. The van der Waals surface area contributed by atoms with Gasteiger partial charge in [-0.05, 0) is 25.5 Å². The topological polar surface area (TPSA) is 23.6 Å². The molecule has 1 fully saturated rings. The number of anilines is 1. The Bertz CT molecular complexity index is 679. The molecule has 1 aliphatic heterocycles. The number of benzene rings is 2. The predicted octanol–water partition coefficient (Wildman–Crippen LogP) is 4.08. The molecule has 0 radical (unpaired) electrons. The molecule has 0 bridgehead atoms. The van der Waals surface area contributed by atoms with E-state index in [0.29, 0.717) is 18.7 Å². The summed E-state index contributed by atoms with van der Waals surface area (Å²) in [4.78, 5) is 16.2. The molecular formula is C21H25FN2O. The van der Waals surface area contributed by atoms with Crippen LogP contribution in [0.15, 0.2) is 54.6 Å². The van der Waals surface area contributed by atoms with Gasteiger partial charge in [0.25, 0.3) is 0 Å². The van der Waals surface area contributed by atoms with Crippen molar-refractivity contribution in [3.63, 3.8) is 0 Å². The van der Waals surface area contributed by atoms with Gasteiger partial charge >= 0.3 is 0 Å². The number of aryl methyl sites for hydroxylation is 1. The van der Waals surface area contributed by atoms with Gasteiger partial charge in [0.15, 0.2) is 12.1 Å². The summed E-state index contributed by atoms with van der Waals surface area (Å²) < 4.78 is 14.5. The highest BCUT2D eigenvalue weighted by molar-refractivity contribution is 5.95. The summed E-state index contributed by atoms with van der Waals surface area (Å²) >= 11 is 0. The summed E-state index contributed by atoms with van der Waals surface area (Å²) in [5.41, 5.74) is 3.10. The number of halogens is 1. The fraction of sp³-hybridized carbons (Fsp3) is 0.381. The first kappa shape index (κ1) is 17.6. The molecule has 1 saturated heterocycles. The SMILES string of the molecule is Cc1ccc(N2CCN(C(F)CCC(=O)c3ccccc3)CC2)cc1. The van der Waals surface area contributed by atoms with Crippen molar-refractivity contribution in [3.05, 3.63) is 65.7 Å². The van der Waals surface area contributed by atoms with Crippen molar-refractivity contribution in [2.75, 3.05) is 31.1 Å². The van der Waals surface area contributed by atoms with Crippen LogP contribution in [0.3, 0.4) is 0 Å². The fourth-order valence-electron chi connectivity index (χ4n) is 3.22. The number of ketones is 1. The Morgan fingerprint density at radius 1 is 1.00 bits per heavy atom. The molecule has 132 valence electrons. The van der Waals surface area contributed by atoms with E-state index < -0.39 is 6.30 Å². The molecule has 0 N–H and O–H groups in total. The lowest BCUT2D eigenvalue weighted by molar-refractivity contribution is 0.0636. The zero-order valence-electron chi connectivity index (χ0n) is 14.7. The van der Waals surface area contributed by atoms with Gasteiger partial charge in [0.05, 0.1) is 0 Å². The highest BCUT2D eigenvalue weighted by Gasteiger charge is 2.24. The number of alkyl halides is 1. The van der Waals surface area contributed by atoms with E-state index in [-0.39, 0.29) is 18.6 Å². The Hall–Kier alpha value is -2.20. The smallest absolute Gasteiger partial charge is 0.163 e. The molecule has 25 heavy (non-hydrogen) atoms. The Kier molecular flexibility index (Phi) is 5.82. The van der Waals surface area contributed by atoms with Crippen LogP contribution in [-0.2, 0) is 0 Å². The van der Waals surface area contributed by atoms with E-state index in [9.17, 15) is 9.18 Å². The summed E-state index contributed by atoms with van der Waals surface area (Å²) in [6.07, 6.45) is -0.533. The van der Waals surface area contributed by atoms with E-state index >= 15 is 0 Å². The van der Waals surface area contributed by atoms with E-state index in [2.05, 4.69) is 36.1 Å². The molecule has 1 heterocycles. The minimum Gasteiger partial charge on any atom is -0.369 e. The standard InChI is InChI=1S/C21H25FN2O/c1-17-7-9-19(10-8-17)23-13-15-24(16-14-23)21(22)12-11-20(25)18-5-3-2-4-6-18/h2-10,21H,11-16H2,1H3. The lowest BCUT2D eigenvalue weighted by Gasteiger charge is -2.37. The Balaban J connectivity index is 1.46. The molecule has 3 nitrogen and oxygen atoms in total. The highest BCUT2D eigenvalue weighted by atomic mass is 19.1. The van der Waals surface area contributed by atoms with Crippen LogP contribution in [-0.4, -0.2) is 43.2 Å². The van der Waals surface area contributed by atoms with Crippen molar-refractivity contribution in [1.82, 2.24) is 4.90 Å². The zero-order chi connectivity index (χ0) is 17.6. The molecule has 0 amide bonds. The summed E-state index contributed by atoms with van der Waals surface area (Å²) in [6.45, 7) is 5.08. The lowest BCUT2D eigenvalue weighted by Crippen LogP contribution is -2.49. The van der Waals surface area contributed by atoms with Gasteiger partial charge in [-0.15, -0.1) is 0 Å². The number of rotatable bonds is 6. The number of nitrogens with zero attached hydrogens (tertiary/aromatic N) is 2. The largest absolute Gasteiger partial charge is 0.369 e. The van der Waals surface area contributed by atoms with Crippen LogP contribution in [0.2, 0.25) is 0 Å². The van der Waals surface area contributed by atoms with Gasteiger partial charge < -0.3 is 4.90 Å². The second kappa shape index (κ2) is 8.26. The minimum absolute atomic E-state index is 0.0153. The maximum atomic E-state index is 14.5. The van der Waals surface area contributed by atoms with Crippen molar-refractivity contribution in [2.45, 2.75) is 26.1 Å². The first-order chi connectivity index (χ1) is 12.1. The molecule has 0 aliphatic carbocycles. The molecular weight excluding hydrogens is 315 g/mol. The van der Waals surface area contributed by atoms with Gasteiger partial charge in [0.1, 0.15) is 0 Å². The average molecular weight is 340 g/mol. The second-order valence-electron chi connectivity index (χ2n) is 6.62. The highest BCUT2D eigenvalue weighted by Crippen LogP contribution is 2.20. The molecule has 1 atom stereocenters.